The van der Waals surface area contributed by atoms with Crippen LogP contribution in [0.2, 0.25) is 0 Å². The molecule has 2 aliphatic heterocycles. The third kappa shape index (κ3) is 4.05. The third-order valence-corrected chi connectivity index (χ3v) is 6.39. The van der Waals surface area contributed by atoms with E-state index in [9.17, 15) is 13.9 Å². The van der Waals surface area contributed by atoms with Crippen molar-refractivity contribution in [2.45, 2.75) is 26.0 Å². The summed E-state index contributed by atoms with van der Waals surface area (Å²) in [7, 11) is 1.62. The van der Waals surface area contributed by atoms with Gasteiger partial charge in [-0.25, -0.2) is 13.8 Å². The highest BCUT2D eigenvalue weighted by Gasteiger charge is 2.50. The molecule has 1 fully saturated rings. The average molecular weight is 481 g/mol. The molecule has 1 aromatic heterocycles. The van der Waals surface area contributed by atoms with Crippen LogP contribution >= 0.6 is 0 Å². The Kier molecular flexibility index (Phi) is 5.80. The number of hydrogen-bond acceptors (Lipinski definition) is 6. The lowest BCUT2D eigenvalue weighted by Crippen LogP contribution is -2.53. The lowest BCUT2D eigenvalue weighted by atomic mass is 9.89. The number of piperidine rings is 1. The largest absolute Gasteiger partial charge is 0.495 e. The molecule has 2 aromatic carbocycles. The van der Waals surface area contributed by atoms with E-state index in [1.165, 1.54) is 12.1 Å². The van der Waals surface area contributed by atoms with Crippen LogP contribution in [-0.4, -0.2) is 45.7 Å². The van der Waals surface area contributed by atoms with Gasteiger partial charge in [-0.05, 0) is 60.7 Å². The Hall–Kier alpha value is -3.72. The first-order valence-electron chi connectivity index (χ1n) is 11.3. The minimum atomic E-state index is -1.49. The molecule has 0 radical (unpaired) electrons. The molecule has 35 heavy (non-hydrogen) atoms. The molecule has 0 amide bonds. The van der Waals surface area contributed by atoms with Gasteiger partial charge in [-0.3, -0.25) is 0 Å². The number of nitrogens with zero attached hydrogens (tertiary/aromatic N) is 4. The third-order valence-electron chi connectivity index (χ3n) is 6.39. The fourth-order valence-electron chi connectivity index (χ4n) is 4.77. The van der Waals surface area contributed by atoms with Crippen molar-refractivity contribution in [3.8, 4) is 11.4 Å². The Balaban J connectivity index is 1.51. The maximum absolute atomic E-state index is 14.0. The van der Waals surface area contributed by atoms with Gasteiger partial charge in [-0.15, -0.1) is 0 Å². The number of hydrogen-bond donors (Lipinski definition) is 1. The van der Waals surface area contributed by atoms with Gasteiger partial charge < -0.3 is 24.1 Å². The fraction of sp³-hybridized carbons (Fsp3) is 0.308. The summed E-state index contributed by atoms with van der Waals surface area (Å²) in [5, 5.41) is 14.6. The smallest absolute Gasteiger partial charge is 0.260 e. The van der Waals surface area contributed by atoms with E-state index < -0.39 is 24.0 Å². The van der Waals surface area contributed by atoms with Gasteiger partial charge in [-0.2, -0.15) is 0 Å². The zero-order chi connectivity index (χ0) is 24.7. The van der Waals surface area contributed by atoms with Crippen molar-refractivity contribution in [3.05, 3.63) is 83.0 Å². The van der Waals surface area contributed by atoms with Gasteiger partial charge in [-0.1, -0.05) is 18.1 Å². The maximum atomic E-state index is 14.0. The summed E-state index contributed by atoms with van der Waals surface area (Å²) in [6, 6.07) is 8.98. The number of imidazole rings is 1. The van der Waals surface area contributed by atoms with Gasteiger partial charge in [0, 0.05) is 24.4 Å². The molecule has 7 nitrogen and oxygen atoms in total. The lowest BCUT2D eigenvalue weighted by Gasteiger charge is -2.41. The molecule has 0 aliphatic carbocycles. The number of aryl methyl sites for hydroxylation is 1. The number of methoxy groups -OCH3 is 1. The second kappa shape index (κ2) is 8.81. The highest BCUT2D eigenvalue weighted by Crippen LogP contribution is 2.42. The van der Waals surface area contributed by atoms with Crippen LogP contribution in [0.25, 0.3) is 11.8 Å². The molecule has 2 atom stereocenters. The van der Waals surface area contributed by atoms with E-state index in [0.29, 0.717) is 18.1 Å². The van der Waals surface area contributed by atoms with Crippen molar-refractivity contribution >= 4 is 11.9 Å². The Bertz CT molecular complexity index is 1320. The summed E-state index contributed by atoms with van der Waals surface area (Å²) in [6.45, 7) is 3.99. The van der Waals surface area contributed by atoms with Crippen LogP contribution in [0.5, 0.6) is 5.75 Å². The molecule has 0 unspecified atom stereocenters. The van der Waals surface area contributed by atoms with E-state index in [4.69, 9.17) is 9.57 Å². The number of ether oxygens (including phenoxy) is 1. The Labute approximate surface area is 201 Å². The topological polar surface area (TPSA) is 72.1 Å². The van der Waals surface area contributed by atoms with Crippen LogP contribution in [0.15, 0.2) is 59.7 Å². The number of fused-ring (bicyclic) bond motifs is 1. The SMILES string of the molecule is COc1cc(C=C2C[C@@H](C)CN3C2=NO[C@]3(CO)c2cc(F)cc(F)c2)ccc1-n1cnc(C)c1. The number of rotatable bonds is 5. The standard InChI is InChI=1S/C26H26F2N4O3/c1-16-6-19(7-18-4-5-23(24(8-18)34-3)31-13-17(2)29-15-31)25-30-35-26(14-33,32(25)12-16)20-9-21(27)11-22(28)10-20/h4-5,7-11,13,15-16,33H,6,12,14H2,1-3H3/t16-,26-/m1/s1. The molecule has 2 aliphatic rings. The molecule has 5 rings (SSSR count). The number of aliphatic hydroxyl groups excluding tert-OH is 1. The minimum Gasteiger partial charge on any atom is -0.495 e. The number of amidine groups is 1. The molecule has 3 aromatic rings. The normalized spacial score (nSPS) is 22.7. The molecular formula is C26H26F2N4O3. The first-order chi connectivity index (χ1) is 16.8. The van der Waals surface area contributed by atoms with Gasteiger partial charge >= 0.3 is 0 Å². The molecule has 182 valence electrons. The van der Waals surface area contributed by atoms with Crippen molar-refractivity contribution in [2.24, 2.45) is 11.1 Å². The number of benzene rings is 2. The molecule has 0 spiro atoms. The summed E-state index contributed by atoms with van der Waals surface area (Å²) >= 11 is 0. The van der Waals surface area contributed by atoms with Crippen LogP contribution in [0.1, 0.15) is 30.2 Å². The van der Waals surface area contributed by atoms with Crippen LogP contribution in [0, 0.1) is 24.5 Å². The van der Waals surface area contributed by atoms with E-state index in [1.54, 1.807) is 18.3 Å². The van der Waals surface area contributed by atoms with E-state index in [0.717, 1.165) is 35.0 Å². The maximum Gasteiger partial charge on any atom is 0.260 e. The van der Waals surface area contributed by atoms with Crippen LogP contribution in [0.3, 0.4) is 0 Å². The van der Waals surface area contributed by atoms with Gasteiger partial charge in [0.2, 0.25) is 0 Å². The van der Waals surface area contributed by atoms with E-state index >= 15 is 0 Å². The van der Waals surface area contributed by atoms with Gasteiger partial charge in [0.05, 0.1) is 24.8 Å². The quantitative estimate of drug-likeness (QED) is 0.587. The highest BCUT2D eigenvalue weighted by molar-refractivity contribution is 6.03. The van der Waals surface area contributed by atoms with Crippen LogP contribution in [-0.2, 0) is 10.6 Å². The Morgan fingerprint density at radius 3 is 2.66 bits per heavy atom. The second-order valence-corrected chi connectivity index (χ2v) is 9.05. The van der Waals surface area contributed by atoms with Crippen LogP contribution in [0.4, 0.5) is 8.78 Å². The monoisotopic (exact) mass is 480 g/mol. The molecule has 0 bridgehead atoms. The Morgan fingerprint density at radius 2 is 2.00 bits per heavy atom. The molecule has 9 heteroatoms. The first kappa shape index (κ1) is 23.0. The molecule has 0 saturated carbocycles. The van der Waals surface area contributed by atoms with Crippen molar-refractivity contribution in [3.63, 3.8) is 0 Å². The van der Waals surface area contributed by atoms with Gasteiger partial charge in [0.25, 0.3) is 5.72 Å². The van der Waals surface area contributed by atoms with Gasteiger partial charge in [0.15, 0.2) is 5.84 Å². The fourth-order valence-corrected chi connectivity index (χ4v) is 4.77. The van der Waals surface area contributed by atoms with Crippen molar-refractivity contribution in [1.82, 2.24) is 14.5 Å². The predicted octanol–water partition coefficient (Wildman–Crippen LogP) is 4.38. The summed E-state index contributed by atoms with van der Waals surface area (Å²) in [5.41, 5.74) is 2.23. The zero-order valence-electron chi connectivity index (χ0n) is 19.7. The molecule has 3 heterocycles. The second-order valence-electron chi connectivity index (χ2n) is 9.05. The molecule has 1 N–H and O–H groups in total. The summed E-state index contributed by atoms with van der Waals surface area (Å²) in [5.74, 6) is -0.0876. The summed E-state index contributed by atoms with van der Waals surface area (Å²) in [4.78, 5) is 11.8. The average Bonchev–Trinajstić information content (AvgIpc) is 3.42. The molecular weight excluding hydrogens is 454 g/mol. The number of aromatic nitrogens is 2. The van der Waals surface area contributed by atoms with Crippen molar-refractivity contribution in [1.29, 1.82) is 0 Å². The minimum absolute atomic E-state index is 0.173. The van der Waals surface area contributed by atoms with Crippen molar-refractivity contribution < 1.29 is 23.5 Å². The number of halogens is 2. The van der Waals surface area contributed by atoms with Crippen LogP contribution < -0.4 is 4.74 Å². The predicted molar refractivity (Wildman–Crippen MR) is 127 cm³/mol. The van der Waals surface area contributed by atoms with E-state index in [1.807, 2.05) is 42.0 Å². The summed E-state index contributed by atoms with van der Waals surface area (Å²) in [6.07, 6.45) is 6.38. The molecule has 1 saturated heterocycles. The Morgan fingerprint density at radius 1 is 1.23 bits per heavy atom. The number of aliphatic hydroxyl groups is 1. The zero-order valence-corrected chi connectivity index (χ0v) is 19.7. The lowest BCUT2D eigenvalue weighted by molar-refractivity contribution is -0.140. The van der Waals surface area contributed by atoms with Gasteiger partial charge in [0.1, 0.15) is 24.0 Å². The van der Waals surface area contributed by atoms with E-state index in [2.05, 4.69) is 17.1 Å². The highest BCUT2D eigenvalue weighted by atomic mass is 19.1. The van der Waals surface area contributed by atoms with Crippen molar-refractivity contribution in [2.75, 3.05) is 20.3 Å². The summed E-state index contributed by atoms with van der Waals surface area (Å²) < 4.78 is 35.6. The number of oxime groups is 1. The first-order valence-corrected chi connectivity index (χ1v) is 11.3. The van der Waals surface area contributed by atoms with E-state index in [-0.39, 0.29) is 11.5 Å².